The molecule has 0 saturated heterocycles. The Morgan fingerprint density at radius 3 is 2.85 bits per heavy atom. The van der Waals surface area contributed by atoms with E-state index in [0.29, 0.717) is 5.78 Å². The fourth-order valence-corrected chi connectivity index (χ4v) is 2.37. The molecular weight excluding hydrogens is 250 g/mol. The van der Waals surface area contributed by atoms with Gasteiger partial charge >= 0.3 is 0 Å². The summed E-state index contributed by atoms with van der Waals surface area (Å²) in [6.07, 6.45) is 5.62. The molecule has 3 heterocycles. The topological polar surface area (TPSA) is 56.0 Å². The zero-order valence-electron chi connectivity index (χ0n) is 10.9. The molecule has 0 aliphatic carbocycles. The van der Waals surface area contributed by atoms with Gasteiger partial charge in [-0.1, -0.05) is 24.3 Å². The lowest BCUT2D eigenvalue weighted by Crippen LogP contribution is -1.93. The molecule has 0 unspecified atom stereocenters. The zero-order chi connectivity index (χ0) is 13.5. The van der Waals surface area contributed by atoms with Crippen LogP contribution in [0.3, 0.4) is 0 Å². The first kappa shape index (κ1) is 11.0. The second-order valence-corrected chi connectivity index (χ2v) is 4.64. The third-order valence-electron chi connectivity index (χ3n) is 3.38. The number of hydrogen-bond acceptors (Lipinski definition) is 4. The van der Waals surface area contributed by atoms with Crippen molar-refractivity contribution in [1.82, 2.24) is 24.6 Å². The molecule has 0 amide bonds. The molecule has 0 aliphatic heterocycles. The Morgan fingerprint density at radius 2 is 1.90 bits per heavy atom. The number of rotatable bonds is 1. The first-order valence-corrected chi connectivity index (χ1v) is 6.34. The SMILES string of the molecule is Cc1nnc2ncc(-c3cccc4cccnc34)cn12. The molecule has 5 nitrogen and oxygen atoms in total. The van der Waals surface area contributed by atoms with Crippen molar-refractivity contribution in [3.8, 4) is 11.1 Å². The fraction of sp³-hybridized carbons (Fsp3) is 0.0667. The van der Waals surface area contributed by atoms with Gasteiger partial charge in [0, 0.05) is 35.1 Å². The maximum Gasteiger partial charge on any atom is 0.254 e. The quantitative estimate of drug-likeness (QED) is 0.528. The summed E-state index contributed by atoms with van der Waals surface area (Å²) in [6, 6.07) is 10.1. The number of fused-ring (bicyclic) bond motifs is 2. The lowest BCUT2D eigenvalue weighted by Gasteiger charge is -2.06. The number of aromatic nitrogens is 5. The van der Waals surface area contributed by atoms with Crippen molar-refractivity contribution >= 4 is 16.7 Å². The van der Waals surface area contributed by atoms with Crippen molar-refractivity contribution in [2.45, 2.75) is 6.92 Å². The minimum atomic E-state index is 0.611. The summed E-state index contributed by atoms with van der Waals surface area (Å²) in [7, 11) is 0. The van der Waals surface area contributed by atoms with Crippen molar-refractivity contribution < 1.29 is 0 Å². The molecule has 4 rings (SSSR count). The Bertz CT molecular complexity index is 921. The molecule has 0 saturated carbocycles. The van der Waals surface area contributed by atoms with Gasteiger partial charge in [-0.25, -0.2) is 4.98 Å². The highest BCUT2D eigenvalue weighted by Gasteiger charge is 2.08. The molecule has 0 atom stereocenters. The van der Waals surface area contributed by atoms with Crippen molar-refractivity contribution in [2.75, 3.05) is 0 Å². The third kappa shape index (κ3) is 1.56. The Labute approximate surface area is 115 Å². The first-order chi connectivity index (χ1) is 9.83. The van der Waals surface area contributed by atoms with E-state index in [-0.39, 0.29) is 0 Å². The van der Waals surface area contributed by atoms with E-state index < -0.39 is 0 Å². The third-order valence-corrected chi connectivity index (χ3v) is 3.38. The minimum Gasteiger partial charge on any atom is -0.270 e. The number of pyridine rings is 1. The maximum atomic E-state index is 4.48. The van der Waals surface area contributed by atoms with Crippen LogP contribution >= 0.6 is 0 Å². The normalized spacial score (nSPS) is 11.2. The highest BCUT2D eigenvalue weighted by atomic mass is 15.3. The minimum absolute atomic E-state index is 0.611. The van der Waals surface area contributed by atoms with Crippen molar-refractivity contribution in [1.29, 1.82) is 0 Å². The van der Waals surface area contributed by atoms with Crippen LogP contribution in [0.4, 0.5) is 0 Å². The molecule has 5 heteroatoms. The lowest BCUT2D eigenvalue weighted by molar-refractivity contribution is 1.01. The van der Waals surface area contributed by atoms with Crippen molar-refractivity contribution in [3.05, 3.63) is 54.7 Å². The van der Waals surface area contributed by atoms with Crippen molar-refractivity contribution in [2.24, 2.45) is 0 Å². The number of nitrogens with zero attached hydrogens (tertiary/aromatic N) is 5. The van der Waals surface area contributed by atoms with Gasteiger partial charge < -0.3 is 0 Å². The lowest BCUT2D eigenvalue weighted by atomic mass is 10.0. The van der Waals surface area contributed by atoms with Gasteiger partial charge in [0.15, 0.2) is 0 Å². The monoisotopic (exact) mass is 261 g/mol. The van der Waals surface area contributed by atoms with Gasteiger partial charge in [0.25, 0.3) is 5.78 Å². The average molecular weight is 261 g/mol. The Morgan fingerprint density at radius 1 is 1.00 bits per heavy atom. The molecule has 0 fully saturated rings. The summed E-state index contributed by atoms with van der Waals surface area (Å²) < 4.78 is 1.89. The molecule has 20 heavy (non-hydrogen) atoms. The predicted molar refractivity (Wildman–Crippen MR) is 76.3 cm³/mol. The largest absolute Gasteiger partial charge is 0.270 e. The van der Waals surface area contributed by atoms with E-state index in [0.717, 1.165) is 27.9 Å². The summed E-state index contributed by atoms with van der Waals surface area (Å²) in [4.78, 5) is 8.83. The molecular formula is C15H11N5. The van der Waals surface area contributed by atoms with Gasteiger partial charge in [0.05, 0.1) is 5.52 Å². The van der Waals surface area contributed by atoms with E-state index in [1.807, 2.05) is 42.0 Å². The van der Waals surface area contributed by atoms with Crippen LogP contribution in [0, 0.1) is 6.92 Å². The predicted octanol–water partition coefficient (Wildman–Crippen LogP) is 2.65. The second-order valence-electron chi connectivity index (χ2n) is 4.64. The molecule has 96 valence electrons. The Hall–Kier alpha value is -2.82. The van der Waals surface area contributed by atoms with Gasteiger partial charge in [-0.2, -0.15) is 0 Å². The van der Waals surface area contributed by atoms with Crippen LogP contribution in [0.5, 0.6) is 0 Å². The number of benzene rings is 1. The van der Waals surface area contributed by atoms with Crippen LogP contribution in [0.25, 0.3) is 27.8 Å². The molecule has 4 aromatic rings. The highest BCUT2D eigenvalue weighted by molar-refractivity contribution is 5.93. The maximum absolute atomic E-state index is 4.48. The first-order valence-electron chi connectivity index (χ1n) is 6.34. The number of hydrogen-bond donors (Lipinski definition) is 0. The number of para-hydroxylation sites is 1. The van der Waals surface area contributed by atoms with Gasteiger partial charge in [0.1, 0.15) is 5.82 Å². The molecule has 0 aliphatic rings. The van der Waals surface area contributed by atoms with Gasteiger partial charge in [0.2, 0.25) is 0 Å². The van der Waals surface area contributed by atoms with Crippen LogP contribution in [0.15, 0.2) is 48.9 Å². The Kier molecular flexibility index (Phi) is 2.26. The summed E-state index contributed by atoms with van der Waals surface area (Å²) in [5, 5.41) is 9.15. The van der Waals surface area contributed by atoms with Crippen LogP contribution in [0.1, 0.15) is 5.82 Å². The van der Waals surface area contributed by atoms with Gasteiger partial charge in [-0.15, -0.1) is 10.2 Å². The standard InChI is InChI=1S/C15H11N5/c1-10-18-19-15-17-8-12(9-20(10)15)13-6-2-4-11-5-3-7-16-14(11)13/h2-9H,1H3. The van der Waals surface area contributed by atoms with Crippen LogP contribution in [-0.2, 0) is 0 Å². The van der Waals surface area contributed by atoms with E-state index in [9.17, 15) is 0 Å². The van der Waals surface area contributed by atoms with E-state index >= 15 is 0 Å². The number of aryl methyl sites for hydroxylation is 1. The van der Waals surface area contributed by atoms with Gasteiger partial charge in [-0.05, 0) is 13.0 Å². The molecule has 3 aromatic heterocycles. The van der Waals surface area contributed by atoms with Crippen LogP contribution in [-0.4, -0.2) is 24.6 Å². The Balaban J connectivity index is 2.03. The summed E-state index contributed by atoms with van der Waals surface area (Å²) >= 11 is 0. The molecule has 0 radical (unpaired) electrons. The highest BCUT2D eigenvalue weighted by Crippen LogP contribution is 2.26. The van der Waals surface area contributed by atoms with E-state index in [1.54, 1.807) is 0 Å². The van der Waals surface area contributed by atoms with Crippen molar-refractivity contribution in [3.63, 3.8) is 0 Å². The summed E-state index contributed by atoms with van der Waals surface area (Å²) in [5.41, 5.74) is 3.04. The van der Waals surface area contributed by atoms with Gasteiger partial charge in [-0.3, -0.25) is 9.38 Å². The average Bonchev–Trinajstić information content (AvgIpc) is 2.88. The van der Waals surface area contributed by atoms with Crippen LogP contribution in [0.2, 0.25) is 0 Å². The zero-order valence-corrected chi connectivity index (χ0v) is 10.9. The summed E-state index contributed by atoms with van der Waals surface area (Å²) in [5.74, 6) is 1.43. The summed E-state index contributed by atoms with van der Waals surface area (Å²) in [6.45, 7) is 1.91. The van der Waals surface area contributed by atoms with E-state index in [4.69, 9.17) is 0 Å². The van der Waals surface area contributed by atoms with Crippen LogP contribution < -0.4 is 0 Å². The molecule has 0 bridgehead atoms. The molecule has 0 N–H and O–H groups in total. The van der Waals surface area contributed by atoms with E-state index in [2.05, 4.69) is 38.4 Å². The fourth-order valence-electron chi connectivity index (χ4n) is 2.37. The van der Waals surface area contributed by atoms with E-state index in [1.165, 1.54) is 0 Å². The molecule has 0 spiro atoms. The smallest absolute Gasteiger partial charge is 0.254 e. The second kappa shape index (κ2) is 4.09. The molecule has 1 aromatic carbocycles.